The molecule has 2 saturated heterocycles. The first kappa shape index (κ1) is 25.5. The molecule has 0 aliphatic carbocycles. The minimum atomic E-state index is -1.28. The van der Waals surface area contributed by atoms with Crippen LogP contribution in [-0.2, 0) is 19.0 Å². The molecular formula is C23H43NO6. The third-order valence-corrected chi connectivity index (χ3v) is 6.04. The lowest BCUT2D eigenvalue weighted by molar-refractivity contribution is -0.364. The van der Waals surface area contributed by atoms with Crippen molar-refractivity contribution in [2.45, 2.75) is 134 Å². The van der Waals surface area contributed by atoms with Crippen molar-refractivity contribution in [1.82, 2.24) is 5.32 Å². The number of ether oxygens (including phenoxy) is 3. The number of aliphatic hydroxyl groups is 2. The first-order valence-electron chi connectivity index (χ1n) is 12.0. The second-order valence-electron chi connectivity index (χ2n) is 9.23. The van der Waals surface area contributed by atoms with Gasteiger partial charge in [-0.15, -0.1) is 0 Å². The van der Waals surface area contributed by atoms with E-state index in [1.54, 1.807) is 13.8 Å². The number of hydrogen-bond donors (Lipinski definition) is 3. The van der Waals surface area contributed by atoms with Crippen LogP contribution in [-0.4, -0.2) is 59.2 Å². The maximum Gasteiger partial charge on any atom is 0.220 e. The van der Waals surface area contributed by atoms with Crippen molar-refractivity contribution >= 4 is 5.91 Å². The van der Waals surface area contributed by atoms with Crippen molar-refractivity contribution in [2.75, 3.05) is 6.61 Å². The van der Waals surface area contributed by atoms with Crippen LogP contribution in [0, 0.1) is 0 Å². The lowest BCUT2D eigenvalue weighted by Crippen LogP contribution is -2.68. The number of rotatable bonds is 13. The van der Waals surface area contributed by atoms with Crippen molar-refractivity contribution in [3.8, 4) is 0 Å². The van der Waals surface area contributed by atoms with Crippen LogP contribution < -0.4 is 5.32 Å². The fourth-order valence-electron chi connectivity index (χ4n) is 4.22. The third-order valence-electron chi connectivity index (χ3n) is 6.04. The standard InChI is InChI=1S/C23H43NO6/c1-4-5-6-7-8-9-10-11-12-13-14-15-18(25)24-19-20(26)21-17(29-22(19)27)16-28-23(2,3)30-21/h17,19-22,26-27H,4-16H2,1-3H3,(H,24,25)/t17-,19-,20-,21-,22-/m1/s1. The zero-order valence-electron chi connectivity index (χ0n) is 19.1. The molecule has 0 spiro atoms. The SMILES string of the molecule is CCCCCCCCCCCCCC(=O)N[C@@H]1[C@@H](O)[C@@H]2OC(C)(C)OC[C@H]2O[C@H]1O. The molecule has 176 valence electrons. The van der Waals surface area contributed by atoms with Gasteiger partial charge in [0.05, 0.1) is 6.61 Å². The zero-order valence-corrected chi connectivity index (χ0v) is 19.1. The molecule has 2 rings (SSSR count). The van der Waals surface area contributed by atoms with Crippen LogP contribution in [0.1, 0.15) is 97.8 Å². The Bertz CT molecular complexity index is 500. The molecular weight excluding hydrogens is 386 g/mol. The van der Waals surface area contributed by atoms with Crippen LogP contribution in [0.2, 0.25) is 0 Å². The second-order valence-corrected chi connectivity index (χ2v) is 9.23. The molecule has 30 heavy (non-hydrogen) atoms. The fraction of sp³-hybridized carbons (Fsp3) is 0.957. The van der Waals surface area contributed by atoms with Gasteiger partial charge in [-0.3, -0.25) is 4.79 Å². The Morgan fingerprint density at radius 3 is 2.13 bits per heavy atom. The van der Waals surface area contributed by atoms with Gasteiger partial charge in [0.15, 0.2) is 12.1 Å². The van der Waals surface area contributed by atoms with E-state index in [2.05, 4.69) is 12.2 Å². The minimum Gasteiger partial charge on any atom is -0.388 e. The van der Waals surface area contributed by atoms with E-state index in [0.29, 0.717) is 6.42 Å². The number of nitrogens with one attached hydrogen (secondary N) is 1. The van der Waals surface area contributed by atoms with Crippen LogP contribution >= 0.6 is 0 Å². The average Bonchev–Trinajstić information content (AvgIpc) is 2.70. The summed E-state index contributed by atoms with van der Waals surface area (Å²) >= 11 is 0. The predicted molar refractivity (Wildman–Crippen MR) is 115 cm³/mol. The van der Waals surface area contributed by atoms with Gasteiger partial charge in [0.1, 0.15) is 24.4 Å². The van der Waals surface area contributed by atoms with E-state index < -0.39 is 36.4 Å². The van der Waals surface area contributed by atoms with Gasteiger partial charge < -0.3 is 29.7 Å². The van der Waals surface area contributed by atoms with Crippen LogP contribution in [0.5, 0.6) is 0 Å². The Morgan fingerprint density at radius 2 is 1.53 bits per heavy atom. The van der Waals surface area contributed by atoms with Crippen molar-refractivity contribution in [3.05, 3.63) is 0 Å². The molecule has 0 aromatic heterocycles. The highest BCUT2D eigenvalue weighted by Crippen LogP contribution is 2.31. The van der Waals surface area contributed by atoms with Crippen molar-refractivity contribution < 1.29 is 29.2 Å². The fourth-order valence-corrected chi connectivity index (χ4v) is 4.22. The number of carbonyl (C=O) groups excluding carboxylic acids is 1. The number of amides is 1. The monoisotopic (exact) mass is 429 g/mol. The highest BCUT2D eigenvalue weighted by atomic mass is 16.7. The third kappa shape index (κ3) is 8.42. The summed E-state index contributed by atoms with van der Waals surface area (Å²) in [6.07, 6.45) is 10.3. The van der Waals surface area contributed by atoms with E-state index in [4.69, 9.17) is 14.2 Å². The van der Waals surface area contributed by atoms with E-state index in [0.717, 1.165) is 19.3 Å². The van der Waals surface area contributed by atoms with E-state index in [9.17, 15) is 15.0 Å². The number of unbranched alkanes of at least 4 members (excludes halogenated alkanes) is 10. The topological polar surface area (TPSA) is 97.3 Å². The maximum atomic E-state index is 12.3. The molecule has 3 N–H and O–H groups in total. The average molecular weight is 430 g/mol. The van der Waals surface area contributed by atoms with Crippen LogP contribution in [0.15, 0.2) is 0 Å². The van der Waals surface area contributed by atoms with Crippen molar-refractivity contribution in [3.63, 3.8) is 0 Å². The molecule has 0 saturated carbocycles. The molecule has 0 radical (unpaired) electrons. The second kappa shape index (κ2) is 13.0. The summed E-state index contributed by atoms with van der Waals surface area (Å²) in [6, 6.07) is -0.902. The number of fused-ring (bicyclic) bond motifs is 1. The van der Waals surface area contributed by atoms with Gasteiger partial charge in [-0.1, -0.05) is 71.1 Å². The highest BCUT2D eigenvalue weighted by Gasteiger charge is 2.50. The molecule has 2 aliphatic rings. The predicted octanol–water partition coefficient (Wildman–Crippen LogP) is 3.40. The van der Waals surface area contributed by atoms with Gasteiger partial charge in [-0.2, -0.15) is 0 Å². The molecule has 0 aromatic carbocycles. The molecule has 2 fully saturated rings. The summed E-state index contributed by atoms with van der Waals surface area (Å²) < 4.78 is 16.8. The van der Waals surface area contributed by atoms with Crippen LogP contribution in [0.4, 0.5) is 0 Å². The molecule has 1 amide bonds. The highest BCUT2D eigenvalue weighted by molar-refractivity contribution is 5.76. The molecule has 0 bridgehead atoms. The minimum absolute atomic E-state index is 0.178. The van der Waals surface area contributed by atoms with Gasteiger partial charge in [0, 0.05) is 6.42 Å². The van der Waals surface area contributed by atoms with E-state index >= 15 is 0 Å². The smallest absolute Gasteiger partial charge is 0.220 e. The van der Waals surface area contributed by atoms with Gasteiger partial charge in [0.2, 0.25) is 5.91 Å². The molecule has 2 heterocycles. The van der Waals surface area contributed by atoms with Gasteiger partial charge in [-0.25, -0.2) is 0 Å². The van der Waals surface area contributed by atoms with Crippen LogP contribution in [0.25, 0.3) is 0 Å². The first-order chi connectivity index (χ1) is 14.3. The number of carbonyl (C=O) groups is 1. The Kier molecular flexibility index (Phi) is 11.0. The normalized spacial score (nSPS) is 30.6. The Hall–Kier alpha value is -0.730. The maximum absolute atomic E-state index is 12.3. The Morgan fingerprint density at radius 1 is 0.967 bits per heavy atom. The Labute approximate surface area is 181 Å². The summed E-state index contributed by atoms with van der Waals surface area (Å²) in [5.41, 5.74) is 0. The Balaban J connectivity index is 1.58. The lowest BCUT2D eigenvalue weighted by atomic mass is 9.95. The molecule has 7 nitrogen and oxygen atoms in total. The van der Waals surface area contributed by atoms with Crippen LogP contribution in [0.3, 0.4) is 0 Å². The number of aliphatic hydroxyl groups excluding tert-OH is 2. The summed E-state index contributed by atoms with van der Waals surface area (Å²) in [5.74, 6) is -1.01. The zero-order chi connectivity index (χ0) is 22.0. The summed E-state index contributed by atoms with van der Waals surface area (Å²) in [4.78, 5) is 12.3. The van der Waals surface area contributed by atoms with E-state index in [1.807, 2.05) is 0 Å². The lowest BCUT2D eigenvalue weighted by Gasteiger charge is -2.48. The molecule has 0 unspecified atom stereocenters. The van der Waals surface area contributed by atoms with E-state index in [-0.39, 0.29) is 12.5 Å². The van der Waals surface area contributed by atoms with Gasteiger partial charge >= 0.3 is 0 Å². The van der Waals surface area contributed by atoms with Gasteiger partial charge in [-0.05, 0) is 20.3 Å². The van der Waals surface area contributed by atoms with Gasteiger partial charge in [0.25, 0.3) is 0 Å². The molecule has 7 heteroatoms. The molecule has 0 aromatic rings. The van der Waals surface area contributed by atoms with E-state index in [1.165, 1.54) is 51.4 Å². The summed E-state index contributed by atoms with van der Waals surface area (Å²) in [6.45, 7) is 6.00. The first-order valence-corrected chi connectivity index (χ1v) is 12.0. The van der Waals surface area contributed by atoms with Crippen molar-refractivity contribution in [2.24, 2.45) is 0 Å². The van der Waals surface area contributed by atoms with Crippen molar-refractivity contribution in [1.29, 1.82) is 0 Å². The quantitative estimate of drug-likeness (QED) is 0.388. The molecule has 5 atom stereocenters. The summed E-state index contributed by atoms with van der Waals surface area (Å²) in [5, 5.41) is 23.6. The summed E-state index contributed by atoms with van der Waals surface area (Å²) in [7, 11) is 0. The molecule has 2 aliphatic heterocycles. The largest absolute Gasteiger partial charge is 0.388 e. The number of hydrogen-bond acceptors (Lipinski definition) is 6.